The van der Waals surface area contributed by atoms with Crippen LogP contribution < -0.4 is 9.80 Å². The molecule has 25 heavy (non-hydrogen) atoms. The molecule has 2 aromatic rings. The number of nitrogens with zero attached hydrogens (tertiary/aromatic N) is 2. The van der Waals surface area contributed by atoms with Crippen LogP contribution in [-0.4, -0.2) is 38.0 Å². The number of carbonyl (C=O) groups is 1. The number of aryl methyl sites for hydroxylation is 2. The Morgan fingerprint density at radius 1 is 0.840 bits per heavy atom. The molecule has 0 aromatic heterocycles. The Kier molecular flexibility index (Phi) is 3.61. The first-order valence-electron chi connectivity index (χ1n) is 8.32. The van der Waals surface area contributed by atoms with E-state index >= 15 is 0 Å². The van der Waals surface area contributed by atoms with Crippen molar-refractivity contribution >= 4 is 27.2 Å². The Balaban J connectivity index is 1.81. The van der Waals surface area contributed by atoms with Gasteiger partial charge in [-0.25, -0.2) is 13.2 Å². The maximum Gasteiger partial charge on any atom is 0.329 e. The normalized spacial score (nSPS) is 24.6. The lowest BCUT2D eigenvalue weighted by Crippen LogP contribution is -2.37. The third-order valence-corrected chi connectivity index (χ3v) is 6.66. The van der Waals surface area contributed by atoms with E-state index in [2.05, 4.69) is 0 Å². The average Bonchev–Trinajstić information content (AvgIpc) is 2.97. The summed E-state index contributed by atoms with van der Waals surface area (Å²) in [5.41, 5.74) is 3.64. The van der Waals surface area contributed by atoms with E-state index < -0.39 is 9.84 Å². The zero-order valence-corrected chi connectivity index (χ0v) is 15.0. The molecule has 0 unspecified atom stereocenters. The van der Waals surface area contributed by atoms with Crippen LogP contribution in [0.2, 0.25) is 0 Å². The molecule has 2 heterocycles. The van der Waals surface area contributed by atoms with Crippen molar-refractivity contribution < 1.29 is 13.2 Å². The monoisotopic (exact) mass is 356 g/mol. The van der Waals surface area contributed by atoms with Crippen LogP contribution in [0.25, 0.3) is 0 Å². The Morgan fingerprint density at radius 3 is 2.04 bits per heavy atom. The van der Waals surface area contributed by atoms with Crippen molar-refractivity contribution in [2.45, 2.75) is 25.9 Å². The van der Waals surface area contributed by atoms with E-state index in [9.17, 15) is 13.2 Å². The third kappa shape index (κ3) is 2.70. The molecule has 0 aliphatic carbocycles. The molecule has 2 aromatic carbocycles. The molecule has 5 nitrogen and oxygen atoms in total. The number of carbonyl (C=O) groups excluding carboxylic acids is 1. The molecule has 2 fully saturated rings. The van der Waals surface area contributed by atoms with Gasteiger partial charge in [-0.15, -0.1) is 0 Å². The van der Waals surface area contributed by atoms with Crippen molar-refractivity contribution in [3.63, 3.8) is 0 Å². The van der Waals surface area contributed by atoms with E-state index in [-0.39, 0.29) is 29.6 Å². The molecule has 2 aliphatic rings. The first kappa shape index (κ1) is 16.1. The predicted octanol–water partition coefficient (Wildman–Crippen LogP) is 2.92. The van der Waals surface area contributed by atoms with E-state index in [1.54, 1.807) is 9.80 Å². The first-order chi connectivity index (χ1) is 11.9. The maximum absolute atomic E-state index is 13.2. The van der Waals surface area contributed by atoms with Crippen molar-refractivity contribution in [1.82, 2.24) is 0 Å². The predicted molar refractivity (Wildman–Crippen MR) is 98.9 cm³/mol. The number of sulfone groups is 1. The van der Waals surface area contributed by atoms with Gasteiger partial charge in [0.25, 0.3) is 0 Å². The Hall–Kier alpha value is -2.34. The standard InChI is InChI=1S/C19H20N2O3S/c1-13-6-8-15(9-7-13)20-17-11-25(23,24)12-18(17)21(19(20)22)16-5-3-4-14(2)10-16/h3-10,17-18H,11-12H2,1-2H3/t17-,18-/m0/s1. The number of amides is 2. The van der Waals surface area contributed by atoms with Gasteiger partial charge in [0.05, 0.1) is 23.6 Å². The summed E-state index contributed by atoms with van der Waals surface area (Å²) >= 11 is 0. The fraction of sp³-hybridized carbons (Fsp3) is 0.316. The van der Waals surface area contributed by atoms with Gasteiger partial charge in [0, 0.05) is 11.4 Å². The minimum Gasteiger partial charge on any atom is -0.288 e. The number of hydrogen-bond acceptors (Lipinski definition) is 3. The molecule has 0 saturated carbocycles. The van der Waals surface area contributed by atoms with Gasteiger partial charge in [0.1, 0.15) is 0 Å². The number of fused-ring (bicyclic) bond motifs is 1. The van der Waals surface area contributed by atoms with Gasteiger partial charge >= 0.3 is 6.03 Å². The second-order valence-corrected chi connectivity index (χ2v) is 9.06. The molecule has 0 radical (unpaired) electrons. The Labute approximate surface area is 147 Å². The summed E-state index contributed by atoms with van der Waals surface area (Å²) in [6.07, 6.45) is 0. The van der Waals surface area contributed by atoms with Crippen molar-refractivity contribution in [2.24, 2.45) is 0 Å². The SMILES string of the molecule is Cc1ccc(N2C(=O)N(c3cccc(C)c3)[C@H]3CS(=O)(=O)C[C@@H]32)cc1. The molecule has 0 N–H and O–H groups in total. The van der Waals surface area contributed by atoms with Gasteiger partial charge < -0.3 is 0 Å². The lowest BCUT2D eigenvalue weighted by Gasteiger charge is -2.23. The number of urea groups is 1. The number of rotatable bonds is 2. The van der Waals surface area contributed by atoms with Crippen LogP contribution in [0.5, 0.6) is 0 Å². The summed E-state index contributed by atoms with van der Waals surface area (Å²) in [6.45, 7) is 3.95. The van der Waals surface area contributed by atoms with E-state index in [0.29, 0.717) is 0 Å². The van der Waals surface area contributed by atoms with Crippen LogP contribution in [0, 0.1) is 13.8 Å². The van der Waals surface area contributed by atoms with Crippen LogP contribution in [0.1, 0.15) is 11.1 Å². The van der Waals surface area contributed by atoms with E-state index in [4.69, 9.17) is 0 Å². The average molecular weight is 356 g/mol. The first-order valence-corrected chi connectivity index (χ1v) is 10.1. The van der Waals surface area contributed by atoms with Crippen LogP contribution in [0.4, 0.5) is 16.2 Å². The molecule has 4 rings (SSSR count). The van der Waals surface area contributed by atoms with E-state index in [1.807, 2.05) is 62.4 Å². The zero-order chi connectivity index (χ0) is 17.8. The molecule has 6 heteroatoms. The molecular weight excluding hydrogens is 336 g/mol. The Morgan fingerprint density at radius 2 is 1.44 bits per heavy atom. The van der Waals surface area contributed by atoms with Crippen molar-refractivity contribution in [2.75, 3.05) is 21.3 Å². The summed E-state index contributed by atoms with van der Waals surface area (Å²) in [7, 11) is -3.16. The second kappa shape index (κ2) is 5.59. The van der Waals surface area contributed by atoms with Crippen molar-refractivity contribution in [3.8, 4) is 0 Å². The summed E-state index contributed by atoms with van der Waals surface area (Å²) in [5.74, 6) is 0.0271. The van der Waals surface area contributed by atoms with Crippen LogP contribution in [0.15, 0.2) is 48.5 Å². The molecule has 2 aliphatic heterocycles. The summed E-state index contributed by atoms with van der Waals surface area (Å²) in [4.78, 5) is 16.5. The van der Waals surface area contributed by atoms with Gasteiger partial charge in [-0.1, -0.05) is 29.8 Å². The molecule has 0 spiro atoms. The van der Waals surface area contributed by atoms with Crippen LogP contribution in [-0.2, 0) is 9.84 Å². The highest BCUT2D eigenvalue weighted by Crippen LogP contribution is 2.38. The fourth-order valence-corrected chi connectivity index (χ4v) is 5.71. The Bertz CT molecular complexity index is 937. The van der Waals surface area contributed by atoms with Crippen molar-refractivity contribution in [3.05, 3.63) is 59.7 Å². The molecular formula is C19H20N2O3S. The van der Waals surface area contributed by atoms with Crippen LogP contribution in [0.3, 0.4) is 0 Å². The second-order valence-electron chi connectivity index (χ2n) is 6.91. The largest absolute Gasteiger partial charge is 0.329 e. The van der Waals surface area contributed by atoms with Crippen molar-refractivity contribution in [1.29, 1.82) is 0 Å². The number of anilines is 2. The minimum absolute atomic E-state index is 0.0135. The molecule has 130 valence electrons. The van der Waals surface area contributed by atoms with Gasteiger partial charge in [0.2, 0.25) is 0 Å². The quantitative estimate of drug-likeness (QED) is 0.778. The van der Waals surface area contributed by atoms with Gasteiger partial charge in [-0.2, -0.15) is 0 Å². The zero-order valence-electron chi connectivity index (χ0n) is 14.2. The third-order valence-electron chi connectivity index (χ3n) is 4.96. The highest BCUT2D eigenvalue weighted by molar-refractivity contribution is 7.91. The number of benzene rings is 2. The molecule has 0 bridgehead atoms. The molecule has 2 amide bonds. The summed E-state index contributed by atoms with van der Waals surface area (Å²) < 4.78 is 24.5. The smallest absolute Gasteiger partial charge is 0.288 e. The van der Waals surface area contributed by atoms with Crippen LogP contribution >= 0.6 is 0 Å². The highest BCUT2D eigenvalue weighted by Gasteiger charge is 2.54. The topological polar surface area (TPSA) is 57.7 Å². The van der Waals surface area contributed by atoms with E-state index in [1.165, 1.54) is 0 Å². The van der Waals surface area contributed by atoms with E-state index in [0.717, 1.165) is 22.5 Å². The van der Waals surface area contributed by atoms with Gasteiger partial charge in [0.15, 0.2) is 9.84 Å². The lowest BCUT2D eigenvalue weighted by atomic mass is 10.1. The molecule has 2 saturated heterocycles. The highest BCUT2D eigenvalue weighted by atomic mass is 32.2. The summed E-state index contributed by atoms with van der Waals surface area (Å²) in [6, 6.07) is 14.5. The summed E-state index contributed by atoms with van der Waals surface area (Å²) in [5, 5.41) is 0. The maximum atomic E-state index is 13.2. The van der Waals surface area contributed by atoms with Gasteiger partial charge in [-0.3, -0.25) is 9.80 Å². The lowest BCUT2D eigenvalue weighted by molar-refractivity contribution is 0.255. The van der Waals surface area contributed by atoms with Gasteiger partial charge in [-0.05, 0) is 43.7 Å². The number of hydrogen-bond donors (Lipinski definition) is 0. The minimum atomic E-state index is -3.16. The molecule has 2 atom stereocenters. The fourth-order valence-electron chi connectivity index (χ4n) is 3.79.